The van der Waals surface area contributed by atoms with Crippen molar-refractivity contribution in [2.45, 2.75) is 30.7 Å². The molecule has 112 valence electrons. The number of piperidine rings is 1. The van der Waals surface area contributed by atoms with Gasteiger partial charge in [-0.3, -0.25) is 0 Å². The van der Waals surface area contributed by atoms with Crippen molar-refractivity contribution in [1.29, 1.82) is 0 Å². The molecule has 1 aliphatic rings. The average Bonchev–Trinajstić information content (AvgIpc) is 2.41. The molecule has 1 aromatic carbocycles. The van der Waals surface area contributed by atoms with Crippen molar-refractivity contribution in [3.8, 4) is 0 Å². The van der Waals surface area contributed by atoms with Gasteiger partial charge in [-0.1, -0.05) is 17.7 Å². The smallest absolute Gasteiger partial charge is 0.244 e. The average molecular weight is 382 g/mol. The molecule has 2 unspecified atom stereocenters. The van der Waals surface area contributed by atoms with Gasteiger partial charge in [-0.2, -0.15) is 4.31 Å². The predicted molar refractivity (Wildman–Crippen MR) is 84.3 cm³/mol. The van der Waals surface area contributed by atoms with E-state index in [0.29, 0.717) is 22.6 Å². The Balaban J connectivity index is 2.33. The minimum Gasteiger partial charge on any atom is -0.328 e. The zero-order valence-electron chi connectivity index (χ0n) is 11.2. The molecule has 0 aliphatic carbocycles. The predicted octanol–water partition coefficient (Wildman–Crippen LogP) is 2.85. The molecule has 7 heteroatoms. The summed E-state index contributed by atoms with van der Waals surface area (Å²) in [5.41, 5.74) is 5.91. The number of benzene rings is 1. The summed E-state index contributed by atoms with van der Waals surface area (Å²) in [4.78, 5) is 0.218. The van der Waals surface area contributed by atoms with Gasteiger partial charge in [0.25, 0.3) is 0 Å². The molecule has 2 N–H and O–H groups in total. The molecule has 1 saturated heterocycles. The summed E-state index contributed by atoms with van der Waals surface area (Å²) in [6, 6.07) is 4.87. The van der Waals surface area contributed by atoms with Gasteiger partial charge >= 0.3 is 0 Å². The third-order valence-corrected chi connectivity index (χ3v) is 7.27. The van der Waals surface area contributed by atoms with E-state index in [1.165, 1.54) is 4.31 Å². The van der Waals surface area contributed by atoms with Crippen molar-refractivity contribution < 1.29 is 8.42 Å². The number of nitrogens with two attached hydrogens (primary N) is 1. The van der Waals surface area contributed by atoms with Crippen LogP contribution in [-0.2, 0) is 10.0 Å². The highest BCUT2D eigenvalue weighted by Gasteiger charge is 2.32. The molecular formula is C13H18BrClN2O2S. The van der Waals surface area contributed by atoms with Gasteiger partial charge in [0.05, 0.1) is 14.4 Å². The molecule has 1 fully saturated rings. The highest BCUT2D eigenvalue weighted by Crippen LogP contribution is 2.33. The van der Waals surface area contributed by atoms with E-state index in [0.717, 1.165) is 12.8 Å². The molecule has 1 heterocycles. The second-order valence-corrected chi connectivity index (χ2v) is 8.28. The topological polar surface area (TPSA) is 63.4 Å². The highest BCUT2D eigenvalue weighted by atomic mass is 79.9. The largest absolute Gasteiger partial charge is 0.328 e. The van der Waals surface area contributed by atoms with Gasteiger partial charge in [0.15, 0.2) is 0 Å². The van der Waals surface area contributed by atoms with Gasteiger partial charge in [-0.05, 0) is 53.7 Å². The Hall–Kier alpha value is -0.140. The van der Waals surface area contributed by atoms with Crippen molar-refractivity contribution in [3.63, 3.8) is 0 Å². The van der Waals surface area contributed by atoms with Gasteiger partial charge < -0.3 is 5.73 Å². The summed E-state index contributed by atoms with van der Waals surface area (Å²) in [7, 11) is -3.54. The molecular weight excluding hydrogens is 364 g/mol. The number of hydrogen-bond acceptors (Lipinski definition) is 3. The highest BCUT2D eigenvalue weighted by molar-refractivity contribution is 9.10. The lowest BCUT2D eigenvalue weighted by atomic mass is 9.93. The Morgan fingerprint density at radius 2 is 2.20 bits per heavy atom. The third-order valence-electron chi connectivity index (χ3n) is 3.70. The van der Waals surface area contributed by atoms with Crippen molar-refractivity contribution in [3.05, 3.63) is 27.7 Å². The van der Waals surface area contributed by atoms with Crippen LogP contribution in [0.1, 0.15) is 19.8 Å². The molecule has 0 bridgehead atoms. The van der Waals surface area contributed by atoms with Crippen molar-refractivity contribution in [2.75, 3.05) is 13.1 Å². The van der Waals surface area contributed by atoms with Crippen LogP contribution in [0.5, 0.6) is 0 Å². The van der Waals surface area contributed by atoms with E-state index in [9.17, 15) is 8.42 Å². The van der Waals surface area contributed by atoms with Crippen LogP contribution in [0, 0.1) is 5.92 Å². The molecule has 20 heavy (non-hydrogen) atoms. The summed E-state index contributed by atoms with van der Waals surface area (Å²) < 4.78 is 27.4. The maximum atomic E-state index is 12.7. The van der Waals surface area contributed by atoms with Crippen LogP contribution >= 0.6 is 27.5 Å². The lowest BCUT2D eigenvalue weighted by Gasteiger charge is -2.34. The Bertz CT molecular complexity index is 592. The SMILES string of the molecule is CC(N)C1CCCN(S(=O)(=O)c2cccc(Cl)c2Br)C1. The van der Waals surface area contributed by atoms with Crippen LogP contribution in [0.4, 0.5) is 0 Å². The Morgan fingerprint density at radius 1 is 1.50 bits per heavy atom. The Morgan fingerprint density at radius 3 is 2.85 bits per heavy atom. The van der Waals surface area contributed by atoms with Gasteiger partial charge in [0.1, 0.15) is 0 Å². The van der Waals surface area contributed by atoms with Gasteiger partial charge in [0.2, 0.25) is 10.0 Å². The minimum absolute atomic E-state index is 0.00389. The number of halogens is 2. The first-order valence-corrected chi connectivity index (χ1v) is 9.15. The molecule has 2 rings (SSSR count). The summed E-state index contributed by atoms with van der Waals surface area (Å²) in [6.45, 7) is 2.93. The van der Waals surface area contributed by atoms with Crippen LogP contribution < -0.4 is 5.73 Å². The molecule has 0 amide bonds. The van der Waals surface area contributed by atoms with Gasteiger partial charge in [-0.15, -0.1) is 0 Å². The zero-order chi connectivity index (χ0) is 14.9. The summed E-state index contributed by atoms with van der Waals surface area (Å²) in [5, 5.41) is 0.395. The second-order valence-electron chi connectivity index (χ2n) is 5.18. The quantitative estimate of drug-likeness (QED) is 0.875. The minimum atomic E-state index is -3.54. The fourth-order valence-corrected chi connectivity index (χ4v) is 5.17. The first kappa shape index (κ1) is 16.2. The normalized spacial score (nSPS) is 22.7. The lowest BCUT2D eigenvalue weighted by Crippen LogP contribution is -2.45. The van der Waals surface area contributed by atoms with E-state index >= 15 is 0 Å². The zero-order valence-corrected chi connectivity index (χ0v) is 14.4. The fourth-order valence-electron chi connectivity index (χ4n) is 2.44. The molecule has 0 saturated carbocycles. The lowest BCUT2D eigenvalue weighted by molar-refractivity contribution is 0.243. The van der Waals surface area contributed by atoms with E-state index in [4.69, 9.17) is 17.3 Å². The number of hydrogen-bond donors (Lipinski definition) is 1. The Kier molecular flexibility index (Phi) is 5.13. The Labute approximate surface area is 133 Å². The van der Waals surface area contributed by atoms with E-state index in [1.54, 1.807) is 18.2 Å². The number of sulfonamides is 1. The molecule has 0 aromatic heterocycles. The molecule has 1 aromatic rings. The van der Waals surface area contributed by atoms with E-state index in [2.05, 4.69) is 15.9 Å². The maximum absolute atomic E-state index is 12.7. The van der Waals surface area contributed by atoms with Crippen LogP contribution in [0.3, 0.4) is 0 Å². The number of rotatable bonds is 3. The van der Waals surface area contributed by atoms with Crippen molar-refractivity contribution in [1.82, 2.24) is 4.31 Å². The molecule has 0 radical (unpaired) electrons. The van der Waals surface area contributed by atoms with E-state index in [1.807, 2.05) is 6.92 Å². The van der Waals surface area contributed by atoms with Crippen LogP contribution in [-0.4, -0.2) is 31.9 Å². The molecule has 4 nitrogen and oxygen atoms in total. The van der Waals surface area contributed by atoms with Crippen molar-refractivity contribution in [2.24, 2.45) is 11.7 Å². The first-order chi connectivity index (χ1) is 9.34. The summed E-state index contributed by atoms with van der Waals surface area (Å²) >= 11 is 9.25. The van der Waals surface area contributed by atoms with E-state index in [-0.39, 0.29) is 16.9 Å². The standard InChI is InChI=1S/C13H18BrClN2O2S/c1-9(16)10-4-3-7-17(8-10)20(18,19)12-6-2-5-11(15)13(12)14/h2,5-6,9-10H,3-4,7-8,16H2,1H3. The third kappa shape index (κ3) is 3.20. The summed E-state index contributed by atoms with van der Waals surface area (Å²) in [5.74, 6) is 0.205. The van der Waals surface area contributed by atoms with Crippen LogP contribution in [0.2, 0.25) is 5.02 Å². The van der Waals surface area contributed by atoms with E-state index < -0.39 is 10.0 Å². The number of nitrogens with zero attached hydrogens (tertiary/aromatic N) is 1. The fraction of sp³-hybridized carbons (Fsp3) is 0.538. The van der Waals surface area contributed by atoms with Gasteiger partial charge in [-0.25, -0.2) is 8.42 Å². The molecule has 0 spiro atoms. The summed E-state index contributed by atoms with van der Waals surface area (Å²) in [6.07, 6.45) is 1.81. The van der Waals surface area contributed by atoms with Crippen LogP contribution in [0.15, 0.2) is 27.6 Å². The molecule has 2 atom stereocenters. The van der Waals surface area contributed by atoms with Gasteiger partial charge in [0, 0.05) is 19.1 Å². The monoisotopic (exact) mass is 380 g/mol. The molecule has 1 aliphatic heterocycles. The van der Waals surface area contributed by atoms with Crippen LogP contribution in [0.25, 0.3) is 0 Å². The maximum Gasteiger partial charge on any atom is 0.244 e. The first-order valence-electron chi connectivity index (χ1n) is 6.53. The van der Waals surface area contributed by atoms with Crippen molar-refractivity contribution >= 4 is 37.6 Å². The second kappa shape index (κ2) is 6.32.